The number of nitrogens with zero attached hydrogens (tertiary/aromatic N) is 2. The Morgan fingerprint density at radius 2 is 0.949 bits per heavy atom. The number of rotatable bonds is 8. The highest BCUT2D eigenvalue weighted by molar-refractivity contribution is 7.91. The molecule has 2 amide bonds. The monoisotopic (exact) mass is 574 g/mol. The second-order valence-electron chi connectivity index (χ2n) is 8.74. The molecule has 4 rings (SSSR count). The van der Waals surface area contributed by atoms with Crippen LogP contribution in [0.15, 0.2) is 58.3 Å². The maximum atomic E-state index is 14.4. The Bertz CT molecular complexity index is 1190. The largest absolute Gasteiger partial charge is 0.384 e. The maximum Gasteiger partial charge on any atom is 0.384 e. The lowest BCUT2D eigenvalue weighted by Crippen LogP contribution is -2.54. The zero-order chi connectivity index (χ0) is 28.3. The Morgan fingerprint density at radius 1 is 0.641 bits per heavy atom. The van der Waals surface area contributed by atoms with Gasteiger partial charge in [0, 0.05) is 37.6 Å². The first-order chi connectivity index (χ1) is 18.4. The number of hydrogen-bond acceptors (Lipinski definition) is 8. The normalized spacial score (nSPS) is 17.9. The smallest absolute Gasteiger partial charge is 0.379 e. The van der Waals surface area contributed by atoms with E-state index >= 15 is 0 Å². The fourth-order valence-corrected chi connectivity index (χ4v) is 5.22. The molecule has 212 valence electrons. The molecule has 2 saturated heterocycles. The van der Waals surface area contributed by atoms with Crippen molar-refractivity contribution in [1.82, 2.24) is 9.80 Å². The van der Waals surface area contributed by atoms with Crippen LogP contribution in [-0.4, -0.2) is 94.7 Å². The zero-order valence-corrected chi connectivity index (χ0v) is 21.4. The van der Waals surface area contributed by atoms with Gasteiger partial charge < -0.3 is 20.1 Å². The molecule has 0 aliphatic carbocycles. The first-order valence-corrected chi connectivity index (χ1v) is 13.4. The number of carbonyl (C=O) groups excluding carboxylic acids is 2. The van der Waals surface area contributed by atoms with E-state index in [-0.39, 0.29) is 73.8 Å². The van der Waals surface area contributed by atoms with Crippen LogP contribution in [-0.2, 0) is 28.9 Å². The van der Waals surface area contributed by atoms with Gasteiger partial charge >= 0.3 is 23.9 Å². The lowest BCUT2D eigenvalue weighted by molar-refractivity contribution is -0.183. The van der Waals surface area contributed by atoms with Gasteiger partial charge in [-0.15, -0.1) is 0 Å². The summed E-state index contributed by atoms with van der Waals surface area (Å²) in [6, 6.07) is 1.66. The molecule has 2 aliphatic rings. The molecule has 2 fully saturated rings. The second-order valence-corrected chi connectivity index (χ2v) is 10.7. The number of alkyl halides is 4. The van der Waals surface area contributed by atoms with E-state index in [1.165, 1.54) is 24.3 Å². The highest BCUT2D eigenvalue weighted by Gasteiger charge is 2.47. The topological polar surface area (TPSA) is 117 Å². The molecule has 2 N–H and O–H groups in total. The molecule has 0 bridgehead atoms. The summed E-state index contributed by atoms with van der Waals surface area (Å²) in [4.78, 5) is 25.3. The lowest BCUT2D eigenvalue weighted by atomic mass is 10.3. The summed E-state index contributed by atoms with van der Waals surface area (Å²) < 4.78 is 93.7. The number of nitrogens with one attached hydrogen (secondary N) is 2. The molecule has 0 aromatic heterocycles. The first kappa shape index (κ1) is 28.9. The number of halogens is 4. The molecular weight excluding hydrogens is 548 g/mol. The molecule has 0 radical (unpaired) electrons. The zero-order valence-electron chi connectivity index (χ0n) is 20.5. The van der Waals surface area contributed by atoms with Crippen LogP contribution in [0.3, 0.4) is 0 Å². The van der Waals surface area contributed by atoms with Gasteiger partial charge in [-0.3, -0.25) is 9.59 Å². The van der Waals surface area contributed by atoms with Crippen molar-refractivity contribution in [3.63, 3.8) is 0 Å². The minimum atomic E-state index is -4.09. The molecule has 2 heterocycles. The number of morpholine rings is 2. The molecule has 0 atom stereocenters. The summed E-state index contributed by atoms with van der Waals surface area (Å²) in [5.74, 6) is -3.12. The fourth-order valence-electron chi connectivity index (χ4n) is 3.96. The Labute approximate surface area is 221 Å². The van der Waals surface area contributed by atoms with E-state index in [9.17, 15) is 35.6 Å². The predicted octanol–water partition coefficient (Wildman–Crippen LogP) is 2.25. The number of sulfone groups is 1. The van der Waals surface area contributed by atoms with Gasteiger partial charge in [-0.05, 0) is 48.5 Å². The number of anilines is 2. The van der Waals surface area contributed by atoms with Crippen molar-refractivity contribution in [2.45, 2.75) is 21.9 Å². The van der Waals surface area contributed by atoms with Gasteiger partial charge in [0.2, 0.25) is 9.84 Å². The van der Waals surface area contributed by atoms with Crippen LogP contribution in [0.4, 0.5) is 28.9 Å². The van der Waals surface area contributed by atoms with E-state index in [2.05, 4.69) is 10.6 Å². The minimum absolute atomic E-state index is 0.0360. The predicted molar refractivity (Wildman–Crippen MR) is 130 cm³/mol. The molecule has 0 saturated carbocycles. The van der Waals surface area contributed by atoms with Crippen molar-refractivity contribution in [2.24, 2.45) is 0 Å². The molecular formula is C24H26F4N4O6S. The van der Waals surface area contributed by atoms with Crippen LogP contribution in [0.5, 0.6) is 0 Å². The highest BCUT2D eigenvalue weighted by Crippen LogP contribution is 2.27. The molecule has 2 aromatic carbocycles. The van der Waals surface area contributed by atoms with E-state index in [0.717, 1.165) is 24.3 Å². The second kappa shape index (κ2) is 11.6. The van der Waals surface area contributed by atoms with Gasteiger partial charge in [0.25, 0.3) is 0 Å². The van der Waals surface area contributed by atoms with E-state index in [0.29, 0.717) is 9.80 Å². The number of hydrogen-bond donors (Lipinski definition) is 2. The third kappa shape index (κ3) is 6.38. The van der Waals surface area contributed by atoms with Crippen LogP contribution in [0.25, 0.3) is 0 Å². The Kier molecular flexibility index (Phi) is 8.56. The van der Waals surface area contributed by atoms with E-state index < -0.39 is 33.7 Å². The average Bonchev–Trinajstić information content (AvgIpc) is 2.94. The molecule has 2 aliphatic heterocycles. The van der Waals surface area contributed by atoms with E-state index in [1.54, 1.807) is 0 Å². The van der Waals surface area contributed by atoms with E-state index in [4.69, 9.17) is 9.47 Å². The number of ether oxygens (including phenoxy) is 2. The molecule has 39 heavy (non-hydrogen) atoms. The van der Waals surface area contributed by atoms with Gasteiger partial charge in [0.15, 0.2) is 0 Å². The fraction of sp³-hybridized carbons (Fsp3) is 0.417. The molecule has 10 nitrogen and oxygen atoms in total. The van der Waals surface area contributed by atoms with Gasteiger partial charge in [-0.2, -0.15) is 17.6 Å². The van der Waals surface area contributed by atoms with Crippen molar-refractivity contribution in [3.8, 4) is 0 Å². The Morgan fingerprint density at radius 3 is 1.26 bits per heavy atom. The Hall–Kier alpha value is -3.11. The molecule has 2 aromatic rings. The quantitative estimate of drug-likeness (QED) is 0.364. The standard InChI is InChI=1S/C24H26F4N4O6S/c25-23(26,31-9-13-37-14-10-31)21(33)29-17-1-5-19(6-2-17)39(35,36)20-7-3-18(4-8-20)30-22(34)24(27,28)32-11-15-38-16-12-32/h1-8H,9-16H2,(H,29,33)(H,30,34). The lowest BCUT2D eigenvalue weighted by Gasteiger charge is -2.32. The third-order valence-electron chi connectivity index (χ3n) is 6.21. The summed E-state index contributed by atoms with van der Waals surface area (Å²) in [5, 5.41) is 4.16. The van der Waals surface area contributed by atoms with Gasteiger partial charge in [-0.25, -0.2) is 18.2 Å². The molecule has 0 unspecified atom stereocenters. The maximum absolute atomic E-state index is 14.4. The molecule has 0 spiro atoms. The van der Waals surface area contributed by atoms with Gasteiger partial charge in [0.05, 0.1) is 36.2 Å². The van der Waals surface area contributed by atoms with Gasteiger partial charge in [-0.1, -0.05) is 0 Å². The minimum Gasteiger partial charge on any atom is -0.379 e. The third-order valence-corrected chi connectivity index (χ3v) is 7.99. The summed E-state index contributed by atoms with van der Waals surface area (Å²) in [6.07, 6.45) is 0. The van der Waals surface area contributed by atoms with Crippen LogP contribution in [0, 0.1) is 0 Å². The highest BCUT2D eigenvalue weighted by atomic mass is 32.2. The SMILES string of the molecule is O=C(Nc1ccc(S(=O)(=O)c2ccc(NC(=O)C(F)(F)N3CCOCC3)cc2)cc1)C(F)(F)N1CCOCC1. The van der Waals surface area contributed by atoms with Crippen molar-refractivity contribution >= 4 is 33.0 Å². The first-order valence-electron chi connectivity index (χ1n) is 11.9. The van der Waals surface area contributed by atoms with Crippen molar-refractivity contribution in [3.05, 3.63) is 48.5 Å². The van der Waals surface area contributed by atoms with Crippen LogP contribution in [0.1, 0.15) is 0 Å². The average molecular weight is 575 g/mol. The van der Waals surface area contributed by atoms with Crippen LogP contribution >= 0.6 is 0 Å². The number of benzene rings is 2. The van der Waals surface area contributed by atoms with Crippen molar-refractivity contribution in [1.29, 1.82) is 0 Å². The van der Waals surface area contributed by atoms with Crippen LogP contribution in [0.2, 0.25) is 0 Å². The summed E-state index contributed by atoms with van der Waals surface area (Å²) in [6.45, 7) is -0.166. The number of carbonyl (C=O) groups is 2. The number of amides is 2. The van der Waals surface area contributed by atoms with E-state index in [1.807, 2.05) is 0 Å². The molecule has 15 heteroatoms. The Balaban J connectivity index is 1.40. The summed E-state index contributed by atoms with van der Waals surface area (Å²) in [7, 11) is -4.09. The van der Waals surface area contributed by atoms with Crippen LogP contribution < -0.4 is 10.6 Å². The van der Waals surface area contributed by atoms with Gasteiger partial charge in [0.1, 0.15) is 0 Å². The van der Waals surface area contributed by atoms with Crippen molar-refractivity contribution < 1.29 is 45.0 Å². The summed E-state index contributed by atoms with van der Waals surface area (Å²) in [5.41, 5.74) is -0.0720. The summed E-state index contributed by atoms with van der Waals surface area (Å²) >= 11 is 0. The van der Waals surface area contributed by atoms with Crippen molar-refractivity contribution in [2.75, 3.05) is 63.2 Å².